The Hall–Kier alpha value is -3.08. The molecule has 0 radical (unpaired) electrons. The third-order valence-electron chi connectivity index (χ3n) is 5.32. The Kier molecular flexibility index (Phi) is 8.48. The van der Waals surface area contributed by atoms with Gasteiger partial charge >= 0.3 is 24.1 Å². The number of carbonyl (C=O) groups excluding carboxylic acids is 3. The molecule has 0 aromatic heterocycles. The molecule has 3 atom stereocenters. The average molecular weight is 473 g/mol. The number of carbonyl (C=O) groups is 3. The molecule has 0 unspecified atom stereocenters. The topological polar surface area (TPSA) is 100 Å². The van der Waals surface area contributed by atoms with Crippen LogP contribution in [-0.2, 0) is 28.6 Å². The second-order valence-electron chi connectivity index (χ2n) is 7.12. The number of esters is 3. The van der Waals surface area contributed by atoms with Gasteiger partial charge in [0.2, 0.25) is 5.54 Å². The Bertz CT molecular complexity index is 865. The summed E-state index contributed by atoms with van der Waals surface area (Å²) >= 11 is 0. The van der Waals surface area contributed by atoms with E-state index in [-0.39, 0.29) is 18.8 Å². The van der Waals surface area contributed by atoms with E-state index in [9.17, 15) is 27.6 Å². The lowest BCUT2D eigenvalue weighted by molar-refractivity contribution is -0.171. The van der Waals surface area contributed by atoms with Crippen LogP contribution in [0.15, 0.2) is 36.4 Å². The Labute approximate surface area is 189 Å². The number of hydrogen-bond acceptors (Lipinski definition) is 8. The highest BCUT2D eigenvalue weighted by Crippen LogP contribution is 2.49. The molecular formula is C22H26F3NO7. The molecule has 8 nitrogen and oxygen atoms in total. The molecule has 182 valence electrons. The van der Waals surface area contributed by atoms with Crippen LogP contribution >= 0.6 is 0 Å². The fourth-order valence-electron chi connectivity index (χ4n) is 3.90. The zero-order chi connectivity index (χ0) is 24.8. The molecule has 0 bridgehead atoms. The van der Waals surface area contributed by atoms with Gasteiger partial charge in [-0.3, -0.25) is 5.32 Å². The highest BCUT2D eigenvalue weighted by atomic mass is 19.4. The molecule has 1 aliphatic rings. The third-order valence-corrected chi connectivity index (χ3v) is 5.32. The molecule has 0 spiro atoms. The minimum atomic E-state index is -4.87. The molecule has 0 amide bonds. The van der Waals surface area contributed by atoms with Crippen LogP contribution < -0.4 is 10.1 Å². The largest absolute Gasteiger partial charge is 0.497 e. The van der Waals surface area contributed by atoms with E-state index in [0.717, 1.165) is 19.3 Å². The summed E-state index contributed by atoms with van der Waals surface area (Å²) in [5.74, 6) is -5.96. The number of halogens is 3. The normalized spacial score (nSPS) is 22.1. The summed E-state index contributed by atoms with van der Waals surface area (Å²) in [6, 6.07) is 3.37. The van der Waals surface area contributed by atoms with Crippen LogP contribution in [0.5, 0.6) is 5.75 Å². The van der Waals surface area contributed by atoms with Crippen LogP contribution in [0.4, 0.5) is 13.2 Å². The number of ether oxygens (including phenoxy) is 4. The van der Waals surface area contributed by atoms with Crippen molar-refractivity contribution >= 4 is 17.9 Å². The van der Waals surface area contributed by atoms with Crippen molar-refractivity contribution in [2.45, 2.75) is 37.5 Å². The van der Waals surface area contributed by atoms with E-state index in [1.807, 2.05) is 0 Å². The monoisotopic (exact) mass is 473 g/mol. The lowest BCUT2D eigenvalue weighted by Crippen LogP contribution is -2.62. The van der Waals surface area contributed by atoms with Crippen LogP contribution in [0.1, 0.15) is 25.3 Å². The van der Waals surface area contributed by atoms with Gasteiger partial charge in [0.05, 0.1) is 27.4 Å². The molecule has 1 N–H and O–H groups in total. The van der Waals surface area contributed by atoms with Crippen LogP contribution in [0.3, 0.4) is 0 Å². The van der Waals surface area contributed by atoms with E-state index in [1.165, 1.54) is 45.2 Å². The van der Waals surface area contributed by atoms with Crippen LogP contribution in [0.25, 0.3) is 0 Å². The molecular weight excluding hydrogens is 447 g/mol. The molecule has 1 saturated heterocycles. The minimum absolute atomic E-state index is 0.153. The first-order valence-corrected chi connectivity index (χ1v) is 10.2. The van der Waals surface area contributed by atoms with Crippen molar-refractivity contribution in [3.8, 4) is 5.75 Å². The summed E-state index contributed by atoms with van der Waals surface area (Å²) in [6.07, 6.45) is -2.95. The van der Waals surface area contributed by atoms with Gasteiger partial charge < -0.3 is 18.9 Å². The maximum Gasteiger partial charge on any atom is 0.404 e. The van der Waals surface area contributed by atoms with Gasteiger partial charge in [0.25, 0.3) is 0 Å². The van der Waals surface area contributed by atoms with E-state index in [4.69, 9.17) is 14.2 Å². The number of hydrogen-bond donors (Lipinski definition) is 1. The van der Waals surface area contributed by atoms with Crippen molar-refractivity contribution in [1.82, 2.24) is 5.32 Å². The van der Waals surface area contributed by atoms with Crippen LogP contribution in [0, 0.1) is 5.92 Å². The highest BCUT2D eigenvalue weighted by molar-refractivity contribution is 6.06. The molecule has 1 aliphatic heterocycles. The molecule has 0 saturated carbocycles. The number of rotatable bonds is 8. The van der Waals surface area contributed by atoms with Gasteiger partial charge in [0.15, 0.2) is 0 Å². The summed E-state index contributed by atoms with van der Waals surface area (Å²) in [5, 5.41) is 2.17. The first-order valence-electron chi connectivity index (χ1n) is 10.2. The molecule has 0 aliphatic carbocycles. The second kappa shape index (κ2) is 10.7. The summed E-state index contributed by atoms with van der Waals surface area (Å²) in [6.45, 7) is 2.51. The maximum atomic E-state index is 14.2. The zero-order valence-corrected chi connectivity index (χ0v) is 18.6. The maximum absolute atomic E-state index is 14.2. The molecule has 33 heavy (non-hydrogen) atoms. The highest BCUT2D eigenvalue weighted by Gasteiger charge is 2.68. The number of methoxy groups -OCH3 is 2. The molecule has 11 heteroatoms. The average Bonchev–Trinajstić information content (AvgIpc) is 3.14. The summed E-state index contributed by atoms with van der Waals surface area (Å²) in [4.78, 5) is 37.8. The fraction of sp³-hybridized carbons (Fsp3) is 0.500. The van der Waals surface area contributed by atoms with Gasteiger partial charge in [-0.2, -0.15) is 13.2 Å². The number of alkyl halides is 3. The third kappa shape index (κ3) is 5.29. The Morgan fingerprint density at radius 2 is 1.58 bits per heavy atom. The Morgan fingerprint density at radius 1 is 1.03 bits per heavy atom. The van der Waals surface area contributed by atoms with Crippen molar-refractivity contribution in [2.75, 3.05) is 27.4 Å². The summed E-state index contributed by atoms with van der Waals surface area (Å²) in [5.41, 5.74) is -2.40. The lowest BCUT2D eigenvalue weighted by atomic mass is 9.75. The fourth-order valence-corrected chi connectivity index (χ4v) is 3.90. The van der Waals surface area contributed by atoms with Crippen molar-refractivity contribution in [3.63, 3.8) is 0 Å². The van der Waals surface area contributed by atoms with Crippen molar-refractivity contribution in [3.05, 3.63) is 42.0 Å². The predicted molar refractivity (Wildman–Crippen MR) is 109 cm³/mol. The van der Waals surface area contributed by atoms with E-state index in [0.29, 0.717) is 5.75 Å². The van der Waals surface area contributed by atoms with Gasteiger partial charge in [-0.05, 0) is 31.5 Å². The van der Waals surface area contributed by atoms with Crippen molar-refractivity contribution in [1.29, 1.82) is 0 Å². The van der Waals surface area contributed by atoms with E-state index < -0.39 is 47.5 Å². The van der Waals surface area contributed by atoms with Crippen molar-refractivity contribution < 1.29 is 46.5 Å². The first kappa shape index (κ1) is 26.2. The minimum Gasteiger partial charge on any atom is -0.497 e. The summed E-state index contributed by atoms with van der Waals surface area (Å²) in [7, 11) is 2.49. The quantitative estimate of drug-likeness (QED) is 0.266. The van der Waals surface area contributed by atoms with Gasteiger partial charge in [0, 0.05) is 17.9 Å². The van der Waals surface area contributed by atoms with Gasteiger partial charge in [-0.15, -0.1) is 0 Å². The predicted octanol–water partition coefficient (Wildman–Crippen LogP) is 2.52. The molecule has 2 rings (SSSR count). The zero-order valence-electron chi connectivity index (χ0n) is 18.6. The van der Waals surface area contributed by atoms with Crippen LogP contribution in [-0.4, -0.2) is 63.1 Å². The lowest BCUT2D eigenvalue weighted by Gasteiger charge is -2.30. The van der Waals surface area contributed by atoms with Crippen LogP contribution in [0.2, 0.25) is 0 Å². The van der Waals surface area contributed by atoms with Gasteiger partial charge in [-0.25, -0.2) is 14.4 Å². The standard InChI is InChI=1S/C22H26F3NO7/c1-5-32-19(28)21(20(29)33-6-2)15(11-12-16(27)31-4)17(18(26-21)22(23,24)25)13-7-9-14(30-3)10-8-13/h7-12,15,17-18,26H,5-6H2,1-4H3/b12-11+/t15-,17-,18-/m1/s1. The molecule has 1 aromatic carbocycles. The SMILES string of the molecule is CCOC(=O)C1(C(=O)OCC)N[C@@H](C(F)(F)F)[C@H](c2ccc(OC)cc2)[C@H]1/C=C/C(=O)OC. The van der Waals surface area contributed by atoms with E-state index in [1.54, 1.807) is 0 Å². The summed E-state index contributed by atoms with van der Waals surface area (Å²) < 4.78 is 62.3. The smallest absolute Gasteiger partial charge is 0.404 e. The molecule has 1 fully saturated rings. The number of benzene rings is 1. The Balaban J connectivity index is 2.79. The molecule has 1 heterocycles. The molecule has 1 aromatic rings. The Morgan fingerprint density at radius 3 is 2.00 bits per heavy atom. The van der Waals surface area contributed by atoms with Gasteiger partial charge in [-0.1, -0.05) is 18.2 Å². The van der Waals surface area contributed by atoms with E-state index >= 15 is 0 Å². The number of nitrogens with one attached hydrogen (secondary N) is 1. The first-order chi connectivity index (χ1) is 15.6. The van der Waals surface area contributed by atoms with E-state index in [2.05, 4.69) is 10.1 Å². The van der Waals surface area contributed by atoms with Gasteiger partial charge in [0.1, 0.15) is 11.8 Å². The second-order valence-corrected chi connectivity index (χ2v) is 7.12. The van der Waals surface area contributed by atoms with Crippen molar-refractivity contribution in [2.24, 2.45) is 5.92 Å².